The second-order valence-electron chi connectivity index (χ2n) is 4.26. The van der Waals surface area contributed by atoms with Crippen molar-refractivity contribution in [3.05, 3.63) is 28.8 Å². The summed E-state index contributed by atoms with van der Waals surface area (Å²) in [5, 5.41) is 6.42. The lowest BCUT2D eigenvalue weighted by Crippen LogP contribution is -2.34. The molecule has 18 heavy (non-hydrogen) atoms. The molecule has 0 aliphatic heterocycles. The first kappa shape index (κ1) is 14.8. The van der Waals surface area contributed by atoms with Crippen molar-refractivity contribution >= 4 is 17.5 Å². The van der Waals surface area contributed by atoms with E-state index in [2.05, 4.69) is 10.6 Å². The van der Waals surface area contributed by atoms with Crippen LogP contribution in [0.15, 0.2) is 18.2 Å². The van der Waals surface area contributed by atoms with Crippen molar-refractivity contribution in [2.45, 2.75) is 26.4 Å². The summed E-state index contributed by atoms with van der Waals surface area (Å²) >= 11 is 6.09. The third-order valence-electron chi connectivity index (χ3n) is 2.24. The Morgan fingerprint density at radius 3 is 2.78 bits per heavy atom. The maximum atomic E-state index is 11.5. The van der Waals surface area contributed by atoms with Crippen LogP contribution >= 0.6 is 11.6 Å². The van der Waals surface area contributed by atoms with Gasteiger partial charge in [0.05, 0.1) is 0 Å². The van der Waals surface area contributed by atoms with E-state index >= 15 is 0 Å². The molecule has 0 saturated carbocycles. The standard InChI is InChI=1S/C13H19ClN2O2/c1-9(2)16-13(17)8-18-12-6-4-5-11(14)10(12)7-15-3/h4-6,9,15H,7-8H2,1-3H3,(H,16,17). The van der Waals surface area contributed by atoms with Crippen LogP contribution in [0.4, 0.5) is 0 Å². The fourth-order valence-electron chi connectivity index (χ4n) is 1.53. The van der Waals surface area contributed by atoms with E-state index in [1.807, 2.05) is 20.9 Å². The van der Waals surface area contributed by atoms with Crippen molar-refractivity contribution in [2.75, 3.05) is 13.7 Å². The van der Waals surface area contributed by atoms with Crippen LogP contribution in [0.5, 0.6) is 5.75 Å². The number of hydrogen-bond acceptors (Lipinski definition) is 3. The molecule has 1 aromatic carbocycles. The fourth-order valence-corrected chi connectivity index (χ4v) is 1.76. The first-order valence-electron chi connectivity index (χ1n) is 5.88. The van der Waals surface area contributed by atoms with E-state index in [-0.39, 0.29) is 18.6 Å². The van der Waals surface area contributed by atoms with Crippen LogP contribution in [0, 0.1) is 0 Å². The van der Waals surface area contributed by atoms with Gasteiger partial charge in [-0.25, -0.2) is 0 Å². The smallest absolute Gasteiger partial charge is 0.258 e. The van der Waals surface area contributed by atoms with E-state index in [1.54, 1.807) is 18.2 Å². The first-order chi connectivity index (χ1) is 8.54. The summed E-state index contributed by atoms with van der Waals surface area (Å²) in [7, 11) is 1.83. The third kappa shape index (κ3) is 4.55. The lowest BCUT2D eigenvalue weighted by molar-refractivity contribution is -0.123. The van der Waals surface area contributed by atoms with Gasteiger partial charge in [-0.3, -0.25) is 4.79 Å². The maximum Gasteiger partial charge on any atom is 0.258 e. The molecule has 0 atom stereocenters. The zero-order valence-electron chi connectivity index (χ0n) is 10.9. The topological polar surface area (TPSA) is 50.4 Å². The van der Waals surface area contributed by atoms with Crippen LogP contribution in [0.25, 0.3) is 0 Å². The Morgan fingerprint density at radius 1 is 1.44 bits per heavy atom. The summed E-state index contributed by atoms with van der Waals surface area (Å²) in [5.74, 6) is 0.496. The molecule has 0 aliphatic rings. The summed E-state index contributed by atoms with van der Waals surface area (Å²) in [5.41, 5.74) is 0.860. The molecule has 2 N–H and O–H groups in total. The Hall–Kier alpha value is -1.26. The molecule has 0 unspecified atom stereocenters. The van der Waals surface area contributed by atoms with Crippen molar-refractivity contribution in [2.24, 2.45) is 0 Å². The highest BCUT2D eigenvalue weighted by Gasteiger charge is 2.10. The molecule has 0 spiro atoms. The van der Waals surface area contributed by atoms with Gasteiger partial charge in [0.1, 0.15) is 5.75 Å². The predicted octanol–water partition coefficient (Wildman–Crippen LogP) is 1.96. The lowest BCUT2D eigenvalue weighted by atomic mass is 10.2. The van der Waals surface area contributed by atoms with E-state index in [0.717, 1.165) is 5.56 Å². The van der Waals surface area contributed by atoms with Gasteiger partial charge < -0.3 is 15.4 Å². The number of halogens is 1. The number of carbonyl (C=O) groups excluding carboxylic acids is 1. The molecule has 100 valence electrons. The monoisotopic (exact) mass is 270 g/mol. The summed E-state index contributed by atoms with van der Waals surface area (Å²) in [4.78, 5) is 11.5. The van der Waals surface area contributed by atoms with Crippen molar-refractivity contribution in [1.29, 1.82) is 0 Å². The lowest BCUT2D eigenvalue weighted by Gasteiger charge is -2.13. The molecular formula is C13H19ClN2O2. The van der Waals surface area contributed by atoms with Crippen molar-refractivity contribution in [3.63, 3.8) is 0 Å². The van der Waals surface area contributed by atoms with Gasteiger partial charge in [-0.05, 0) is 33.0 Å². The van der Waals surface area contributed by atoms with Crippen molar-refractivity contribution < 1.29 is 9.53 Å². The molecule has 1 rings (SSSR count). The maximum absolute atomic E-state index is 11.5. The van der Waals surface area contributed by atoms with Gasteiger partial charge in [0.15, 0.2) is 6.61 Å². The molecule has 0 saturated heterocycles. The van der Waals surface area contributed by atoms with Crippen LogP contribution < -0.4 is 15.4 Å². The molecule has 0 fully saturated rings. The molecular weight excluding hydrogens is 252 g/mol. The number of ether oxygens (including phenoxy) is 1. The second-order valence-corrected chi connectivity index (χ2v) is 4.66. The fraction of sp³-hybridized carbons (Fsp3) is 0.462. The number of benzene rings is 1. The Bertz CT molecular complexity index is 408. The zero-order chi connectivity index (χ0) is 13.5. The number of amides is 1. The van der Waals surface area contributed by atoms with Gasteiger partial charge in [-0.1, -0.05) is 17.7 Å². The average Bonchev–Trinajstić information content (AvgIpc) is 2.29. The van der Waals surface area contributed by atoms with Crippen LogP contribution in [0.3, 0.4) is 0 Å². The van der Waals surface area contributed by atoms with Gasteiger partial charge in [0, 0.05) is 23.2 Å². The van der Waals surface area contributed by atoms with Crippen LogP contribution in [-0.2, 0) is 11.3 Å². The molecule has 1 amide bonds. The van der Waals surface area contributed by atoms with Crippen molar-refractivity contribution in [1.82, 2.24) is 10.6 Å². The number of hydrogen-bond donors (Lipinski definition) is 2. The van der Waals surface area contributed by atoms with Gasteiger partial charge >= 0.3 is 0 Å². The molecule has 1 aromatic rings. The molecule has 5 heteroatoms. The summed E-state index contributed by atoms with van der Waals surface area (Å²) in [6, 6.07) is 5.52. The molecule has 0 aliphatic carbocycles. The molecule has 0 bridgehead atoms. The van der Waals surface area contributed by atoms with Crippen molar-refractivity contribution in [3.8, 4) is 5.75 Å². The Balaban J connectivity index is 2.66. The zero-order valence-corrected chi connectivity index (χ0v) is 11.7. The van der Waals surface area contributed by atoms with Crippen LogP contribution in [0.1, 0.15) is 19.4 Å². The molecule has 0 heterocycles. The molecule has 0 radical (unpaired) electrons. The Kier molecular flexibility index (Phi) is 5.95. The van der Waals surface area contributed by atoms with Crippen LogP contribution in [0.2, 0.25) is 5.02 Å². The summed E-state index contributed by atoms with van der Waals surface area (Å²) in [6.45, 7) is 4.41. The Labute approximate surface area is 113 Å². The average molecular weight is 271 g/mol. The minimum Gasteiger partial charge on any atom is -0.483 e. The Morgan fingerprint density at radius 2 is 2.17 bits per heavy atom. The van der Waals surface area contributed by atoms with E-state index < -0.39 is 0 Å². The highest BCUT2D eigenvalue weighted by molar-refractivity contribution is 6.31. The predicted molar refractivity (Wildman–Crippen MR) is 73.0 cm³/mol. The first-order valence-corrected chi connectivity index (χ1v) is 6.26. The quantitative estimate of drug-likeness (QED) is 0.831. The van der Waals surface area contributed by atoms with Gasteiger partial charge in [-0.15, -0.1) is 0 Å². The SMILES string of the molecule is CNCc1c(Cl)cccc1OCC(=O)NC(C)C. The third-order valence-corrected chi connectivity index (χ3v) is 2.59. The number of nitrogens with one attached hydrogen (secondary N) is 2. The molecule has 0 aromatic heterocycles. The minimum absolute atomic E-state index is 0.00473. The molecule has 4 nitrogen and oxygen atoms in total. The largest absolute Gasteiger partial charge is 0.483 e. The van der Waals surface area contributed by atoms with Gasteiger partial charge in [-0.2, -0.15) is 0 Å². The highest BCUT2D eigenvalue weighted by Crippen LogP contribution is 2.26. The van der Waals surface area contributed by atoms with Gasteiger partial charge in [0.25, 0.3) is 5.91 Å². The normalized spacial score (nSPS) is 10.5. The van der Waals surface area contributed by atoms with Crippen LogP contribution in [-0.4, -0.2) is 25.6 Å². The van der Waals surface area contributed by atoms with Gasteiger partial charge in [0.2, 0.25) is 0 Å². The van der Waals surface area contributed by atoms with E-state index in [1.165, 1.54) is 0 Å². The number of carbonyl (C=O) groups is 1. The number of rotatable bonds is 6. The van der Waals surface area contributed by atoms with E-state index in [9.17, 15) is 4.79 Å². The van der Waals surface area contributed by atoms with E-state index in [0.29, 0.717) is 17.3 Å². The minimum atomic E-state index is -0.139. The summed E-state index contributed by atoms with van der Waals surface area (Å²) < 4.78 is 5.50. The summed E-state index contributed by atoms with van der Waals surface area (Å²) in [6.07, 6.45) is 0. The highest BCUT2D eigenvalue weighted by atomic mass is 35.5. The second kappa shape index (κ2) is 7.24. The van der Waals surface area contributed by atoms with E-state index in [4.69, 9.17) is 16.3 Å².